The topological polar surface area (TPSA) is 119 Å². The van der Waals surface area contributed by atoms with Crippen molar-refractivity contribution in [2.24, 2.45) is 5.41 Å². The second-order valence-corrected chi connectivity index (χ2v) is 5.40. The van der Waals surface area contributed by atoms with Gasteiger partial charge in [0.1, 0.15) is 11.8 Å². The van der Waals surface area contributed by atoms with Crippen molar-refractivity contribution in [3.63, 3.8) is 0 Å². The number of nitro groups is 1. The Kier molecular flexibility index (Phi) is 5.44. The van der Waals surface area contributed by atoms with E-state index in [0.29, 0.717) is 6.42 Å². The average Bonchev–Trinajstić information content (AvgIpc) is 2.44. The summed E-state index contributed by atoms with van der Waals surface area (Å²) in [4.78, 5) is 33.0. The lowest BCUT2D eigenvalue weighted by molar-refractivity contribution is -0.384. The molecule has 0 heterocycles. The van der Waals surface area contributed by atoms with E-state index in [1.54, 1.807) is 13.8 Å². The Hall–Kier alpha value is -2.64. The number of nitrogens with one attached hydrogen (secondary N) is 1. The van der Waals surface area contributed by atoms with Crippen LogP contribution >= 0.6 is 0 Å². The number of carboxylic acids is 1. The van der Waals surface area contributed by atoms with E-state index in [9.17, 15) is 24.8 Å². The van der Waals surface area contributed by atoms with Gasteiger partial charge in [0, 0.05) is 12.1 Å². The van der Waals surface area contributed by atoms with Gasteiger partial charge in [0.2, 0.25) is 0 Å². The third-order valence-corrected chi connectivity index (χ3v) is 3.46. The van der Waals surface area contributed by atoms with Gasteiger partial charge >= 0.3 is 12.1 Å². The number of nitro benzene ring substituents is 1. The van der Waals surface area contributed by atoms with Gasteiger partial charge in [0.05, 0.1) is 4.92 Å². The van der Waals surface area contributed by atoms with Gasteiger partial charge in [-0.05, 0) is 24.0 Å². The number of benzene rings is 1. The van der Waals surface area contributed by atoms with Crippen LogP contribution in [0.4, 0.5) is 10.5 Å². The van der Waals surface area contributed by atoms with Crippen LogP contribution in [-0.2, 0) is 4.79 Å². The zero-order valence-corrected chi connectivity index (χ0v) is 12.5. The molecule has 120 valence electrons. The normalized spacial score (nSPS) is 12.3. The van der Waals surface area contributed by atoms with Gasteiger partial charge in [-0.3, -0.25) is 10.1 Å². The first-order valence-electron chi connectivity index (χ1n) is 6.63. The molecule has 0 aliphatic heterocycles. The van der Waals surface area contributed by atoms with Crippen LogP contribution in [0.2, 0.25) is 0 Å². The first-order chi connectivity index (χ1) is 10.2. The maximum absolute atomic E-state index is 11.8. The minimum Gasteiger partial charge on any atom is -0.480 e. The predicted molar refractivity (Wildman–Crippen MR) is 77.8 cm³/mol. The van der Waals surface area contributed by atoms with Crippen molar-refractivity contribution in [3.8, 4) is 5.75 Å². The Balaban J connectivity index is 2.75. The number of carboxylic acid groups (broad SMARTS) is 1. The first-order valence-corrected chi connectivity index (χ1v) is 6.63. The molecule has 1 amide bonds. The molecule has 0 saturated heterocycles. The van der Waals surface area contributed by atoms with Gasteiger partial charge in [-0.25, -0.2) is 9.59 Å². The van der Waals surface area contributed by atoms with Crippen LogP contribution in [0, 0.1) is 15.5 Å². The first kappa shape index (κ1) is 17.4. The summed E-state index contributed by atoms with van der Waals surface area (Å²) in [5, 5.41) is 22.0. The minimum absolute atomic E-state index is 0.0848. The van der Waals surface area contributed by atoms with Gasteiger partial charge in [0.25, 0.3) is 5.69 Å². The molecule has 22 heavy (non-hydrogen) atoms. The molecule has 1 aromatic rings. The van der Waals surface area contributed by atoms with Crippen LogP contribution in [0.3, 0.4) is 0 Å². The number of amides is 1. The number of carbonyl (C=O) groups excluding carboxylic acids is 1. The molecular weight excluding hydrogens is 292 g/mol. The Bertz CT molecular complexity index is 567. The van der Waals surface area contributed by atoms with Gasteiger partial charge in [-0.2, -0.15) is 0 Å². The molecule has 1 atom stereocenters. The van der Waals surface area contributed by atoms with Gasteiger partial charge < -0.3 is 15.2 Å². The fourth-order valence-corrected chi connectivity index (χ4v) is 1.69. The second kappa shape index (κ2) is 6.88. The number of carbonyl (C=O) groups is 2. The maximum atomic E-state index is 11.8. The average molecular weight is 310 g/mol. The Morgan fingerprint density at radius 1 is 1.36 bits per heavy atom. The molecule has 1 rings (SSSR count). The van der Waals surface area contributed by atoms with E-state index in [-0.39, 0.29) is 11.4 Å². The van der Waals surface area contributed by atoms with E-state index < -0.39 is 28.4 Å². The molecule has 2 N–H and O–H groups in total. The zero-order chi connectivity index (χ0) is 16.9. The molecule has 0 bridgehead atoms. The van der Waals surface area contributed by atoms with Crippen LogP contribution in [0.15, 0.2) is 24.3 Å². The van der Waals surface area contributed by atoms with Crippen LogP contribution < -0.4 is 10.1 Å². The summed E-state index contributed by atoms with van der Waals surface area (Å²) in [6, 6.07) is 3.79. The Morgan fingerprint density at radius 2 is 1.91 bits per heavy atom. The maximum Gasteiger partial charge on any atom is 0.413 e. The summed E-state index contributed by atoms with van der Waals surface area (Å²) in [7, 11) is 0. The molecule has 0 radical (unpaired) electrons. The van der Waals surface area contributed by atoms with Gasteiger partial charge in [-0.15, -0.1) is 0 Å². The minimum atomic E-state index is -1.16. The molecule has 1 aromatic carbocycles. The van der Waals surface area contributed by atoms with Crippen molar-refractivity contribution in [2.45, 2.75) is 33.2 Å². The lowest BCUT2D eigenvalue weighted by atomic mass is 9.82. The molecule has 0 aliphatic rings. The molecule has 0 aromatic heterocycles. The van der Waals surface area contributed by atoms with Crippen LogP contribution in [-0.4, -0.2) is 28.1 Å². The zero-order valence-electron chi connectivity index (χ0n) is 12.5. The van der Waals surface area contributed by atoms with Crippen molar-refractivity contribution in [1.82, 2.24) is 5.32 Å². The number of hydrogen-bond acceptors (Lipinski definition) is 5. The number of ether oxygens (including phenoxy) is 1. The molecule has 8 heteroatoms. The lowest BCUT2D eigenvalue weighted by Gasteiger charge is -2.30. The summed E-state index contributed by atoms with van der Waals surface area (Å²) in [6.45, 7) is 5.26. The molecule has 0 unspecified atom stereocenters. The van der Waals surface area contributed by atoms with Crippen LogP contribution in [0.5, 0.6) is 5.75 Å². The highest BCUT2D eigenvalue weighted by molar-refractivity contribution is 5.81. The van der Waals surface area contributed by atoms with E-state index in [0.717, 1.165) is 0 Å². The third-order valence-electron chi connectivity index (χ3n) is 3.46. The summed E-state index contributed by atoms with van der Waals surface area (Å²) in [6.07, 6.45) is -0.385. The summed E-state index contributed by atoms with van der Waals surface area (Å²) in [5.41, 5.74) is -0.788. The van der Waals surface area contributed by atoms with Crippen molar-refractivity contribution in [1.29, 1.82) is 0 Å². The monoisotopic (exact) mass is 310 g/mol. The van der Waals surface area contributed by atoms with Crippen LogP contribution in [0.1, 0.15) is 27.2 Å². The SMILES string of the molecule is CCC(C)(C)[C@H](NC(=O)Oc1ccc([N+](=O)[O-])cc1)C(=O)O. The highest BCUT2D eigenvalue weighted by Gasteiger charge is 2.35. The molecule has 0 saturated carbocycles. The second-order valence-electron chi connectivity index (χ2n) is 5.40. The quantitative estimate of drug-likeness (QED) is 0.615. The number of nitrogens with zero attached hydrogens (tertiary/aromatic N) is 1. The van der Waals surface area contributed by atoms with Crippen molar-refractivity contribution in [2.75, 3.05) is 0 Å². The number of rotatable bonds is 6. The summed E-state index contributed by atoms with van der Waals surface area (Å²) in [5.74, 6) is -1.07. The van der Waals surface area contributed by atoms with Crippen LogP contribution in [0.25, 0.3) is 0 Å². The van der Waals surface area contributed by atoms with Crippen molar-refractivity contribution < 1.29 is 24.4 Å². The van der Waals surface area contributed by atoms with Gasteiger partial charge in [-0.1, -0.05) is 20.8 Å². The lowest BCUT2D eigenvalue weighted by Crippen LogP contribution is -2.50. The highest BCUT2D eigenvalue weighted by atomic mass is 16.6. The fraction of sp³-hybridized carbons (Fsp3) is 0.429. The van der Waals surface area contributed by atoms with E-state index in [4.69, 9.17) is 4.74 Å². The number of aliphatic carboxylic acids is 1. The Morgan fingerprint density at radius 3 is 2.32 bits per heavy atom. The van der Waals surface area contributed by atoms with E-state index in [2.05, 4.69) is 5.32 Å². The summed E-state index contributed by atoms with van der Waals surface area (Å²) < 4.78 is 4.93. The van der Waals surface area contributed by atoms with Gasteiger partial charge in [0.15, 0.2) is 0 Å². The van der Waals surface area contributed by atoms with Crippen molar-refractivity contribution >= 4 is 17.7 Å². The standard InChI is InChI=1S/C14H18N2O6/c1-4-14(2,3)11(12(17)18)15-13(19)22-10-7-5-9(6-8-10)16(20)21/h5-8,11H,4H2,1-3H3,(H,15,19)(H,17,18)/t11-/m1/s1. The fourth-order valence-electron chi connectivity index (χ4n) is 1.69. The smallest absolute Gasteiger partial charge is 0.413 e. The summed E-state index contributed by atoms with van der Waals surface area (Å²) >= 11 is 0. The molecule has 0 aliphatic carbocycles. The highest BCUT2D eigenvalue weighted by Crippen LogP contribution is 2.25. The van der Waals surface area contributed by atoms with E-state index >= 15 is 0 Å². The Labute approximate surface area is 127 Å². The molecule has 0 fully saturated rings. The molecule has 0 spiro atoms. The molecule has 8 nitrogen and oxygen atoms in total. The predicted octanol–water partition coefficient (Wildman–Crippen LogP) is 2.57. The third kappa shape index (κ3) is 4.44. The number of non-ortho nitro benzene ring substituents is 1. The van der Waals surface area contributed by atoms with E-state index in [1.165, 1.54) is 24.3 Å². The molecular formula is C14H18N2O6. The van der Waals surface area contributed by atoms with E-state index in [1.807, 2.05) is 6.92 Å². The number of hydrogen-bond donors (Lipinski definition) is 2. The largest absolute Gasteiger partial charge is 0.480 e. The van der Waals surface area contributed by atoms with Crippen molar-refractivity contribution in [3.05, 3.63) is 34.4 Å².